The number of nitrogens with two attached hydrogens (primary N) is 1. The lowest BCUT2D eigenvalue weighted by Crippen LogP contribution is -2.47. The first-order valence-corrected chi connectivity index (χ1v) is 9.69. The predicted octanol–water partition coefficient (Wildman–Crippen LogP) is 1.79. The minimum atomic E-state index is -1.01. The van der Waals surface area contributed by atoms with E-state index < -0.39 is 24.0 Å². The number of carboxylic acids is 1. The highest BCUT2D eigenvalue weighted by Crippen LogP contribution is 2.05. The summed E-state index contributed by atoms with van der Waals surface area (Å²) in [5.74, 6) is -1.51. The van der Waals surface area contributed by atoms with E-state index in [1.54, 1.807) is 0 Å². The largest absolute Gasteiger partial charge is 0.481 e. The van der Waals surface area contributed by atoms with Crippen LogP contribution in [0.3, 0.4) is 0 Å². The first kappa shape index (κ1) is 22.9. The fourth-order valence-corrected chi connectivity index (χ4v) is 2.83. The number of carboxylic acid groups (broad SMARTS) is 1. The molecule has 0 aliphatic rings. The van der Waals surface area contributed by atoms with E-state index in [9.17, 15) is 14.4 Å². The van der Waals surface area contributed by atoms with E-state index >= 15 is 0 Å². The number of aliphatic carboxylic acids is 1. The Morgan fingerprint density at radius 3 is 2.13 bits per heavy atom. The maximum Gasteiger partial charge on any atom is 0.410 e. The average Bonchev–Trinajstić information content (AvgIpc) is 2.74. The molecule has 0 aliphatic heterocycles. The molecule has 2 rings (SSSR count). The van der Waals surface area contributed by atoms with Crippen LogP contribution in [-0.4, -0.2) is 53.7 Å². The second-order valence-corrected chi connectivity index (χ2v) is 6.77. The molecule has 8 heteroatoms. The molecular formula is C22H27N3O5. The molecule has 160 valence electrons. The van der Waals surface area contributed by atoms with Gasteiger partial charge in [0.2, 0.25) is 5.91 Å². The summed E-state index contributed by atoms with van der Waals surface area (Å²) in [6.45, 7) is 0.541. The Labute approximate surface area is 175 Å². The van der Waals surface area contributed by atoms with E-state index in [0.29, 0.717) is 6.42 Å². The summed E-state index contributed by atoms with van der Waals surface area (Å²) < 4.78 is 5.30. The number of rotatable bonds is 12. The van der Waals surface area contributed by atoms with Gasteiger partial charge in [0, 0.05) is 19.6 Å². The van der Waals surface area contributed by atoms with Gasteiger partial charge in [0.15, 0.2) is 0 Å². The summed E-state index contributed by atoms with van der Waals surface area (Å²) in [7, 11) is 0. The fourth-order valence-electron chi connectivity index (χ4n) is 2.83. The molecule has 2 aromatic carbocycles. The molecule has 30 heavy (non-hydrogen) atoms. The highest BCUT2D eigenvalue weighted by atomic mass is 16.6. The number of amides is 2. The van der Waals surface area contributed by atoms with Crippen molar-refractivity contribution in [2.24, 2.45) is 5.73 Å². The van der Waals surface area contributed by atoms with Crippen molar-refractivity contribution in [1.82, 2.24) is 10.2 Å². The summed E-state index contributed by atoms with van der Waals surface area (Å²) in [5.41, 5.74) is 7.28. The van der Waals surface area contributed by atoms with Crippen LogP contribution in [0, 0.1) is 0 Å². The van der Waals surface area contributed by atoms with E-state index in [1.807, 2.05) is 60.7 Å². The Morgan fingerprint density at radius 2 is 1.57 bits per heavy atom. The van der Waals surface area contributed by atoms with Crippen LogP contribution in [-0.2, 0) is 27.4 Å². The van der Waals surface area contributed by atoms with Gasteiger partial charge in [-0.1, -0.05) is 60.7 Å². The molecule has 0 fully saturated rings. The Morgan fingerprint density at radius 1 is 0.967 bits per heavy atom. The van der Waals surface area contributed by atoms with Crippen molar-refractivity contribution in [1.29, 1.82) is 0 Å². The molecule has 1 atom stereocenters. The number of nitrogens with one attached hydrogen (secondary N) is 1. The molecule has 0 aromatic heterocycles. The Kier molecular flexibility index (Phi) is 9.33. The molecule has 0 heterocycles. The predicted molar refractivity (Wildman–Crippen MR) is 112 cm³/mol. The van der Waals surface area contributed by atoms with Crippen LogP contribution in [0.25, 0.3) is 0 Å². The minimum absolute atomic E-state index is 0.00452. The summed E-state index contributed by atoms with van der Waals surface area (Å²) in [5, 5.41) is 12.0. The molecule has 2 amide bonds. The van der Waals surface area contributed by atoms with Gasteiger partial charge in [-0.05, 0) is 17.5 Å². The monoisotopic (exact) mass is 413 g/mol. The van der Waals surface area contributed by atoms with Gasteiger partial charge in [0.25, 0.3) is 0 Å². The zero-order chi connectivity index (χ0) is 21.8. The van der Waals surface area contributed by atoms with Crippen molar-refractivity contribution in [3.8, 4) is 0 Å². The zero-order valence-electron chi connectivity index (χ0n) is 16.7. The molecule has 4 N–H and O–H groups in total. The second kappa shape index (κ2) is 12.2. The quantitative estimate of drug-likeness (QED) is 0.488. The molecule has 2 aromatic rings. The molecule has 0 bridgehead atoms. The molecule has 8 nitrogen and oxygen atoms in total. The summed E-state index contributed by atoms with van der Waals surface area (Å²) in [6, 6.07) is 18.0. The third-order valence-corrected chi connectivity index (χ3v) is 4.46. The lowest BCUT2D eigenvalue weighted by molar-refractivity contribution is -0.137. The number of hydrogen-bond acceptors (Lipinski definition) is 5. The maximum absolute atomic E-state index is 12.4. The van der Waals surface area contributed by atoms with Crippen molar-refractivity contribution in [3.05, 3.63) is 71.8 Å². The van der Waals surface area contributed by atoms with Gasteiger partial charge in [-0.15, -0.1) is 0 Å². The topological polar surface area (TPSA) is 122 Å². The van der Waals surface area contributed by atoms with E-state index in [-0.39, 0.29) is 32.7 Å². The van der Waals surface area contributed by atoms with Gasteiger partial charge in [-0.2, -0.15) is 0 Å². The third-order valence-electron chi connectivity index (χ3n) is 4.46. The molecule has 0 aliphatic carbocycles. The number of benzene rings is 2. The highest BCUT2D eigenvalue weighted by molar-refractivity contribution is 5.80. The van der Waals surface area contributed by atoms with E-state index in [0.717, 1.165) is 11.1 Å². The molecular weight excluding hydrogens is 386 g/mol. The van der Waals surface area contributed by atoms with E-state index in [1.165, 1.54) is 4.90 Å². The maximum atomic E-state index is 12.4. The highest BCUT2D eigenvalue weighted by Gasteiger charge is 2.19. The number of carbonyl (C=O) groups excluding carboxylic acids is 2. The number of primary amides is 1. The summed E-state index contributed by atoms with van der Waals surface area (Å²) in [6.07, 6.45) is -0.395. The third kappa shape index (κ3) is 8.32. The molecule has 0 radical (unpaired) electrons. The van der Waals surface area contributed by atoms with Gasteiger partial charge in [-0.3, -0.25) is 9.59 Å². The van der Waals surface area contributed by atoms with Crippen molar-refractivity contribution in [2.75, 3.05) is 19.6 Å². The second-order valence-electron chi connectivity index (χ2n) is 6.77. The Balaban J connectivity index is 1.89. The number of ether oxygens (including phenoxy) is 1. The van der Waals surface area contributed by atoms with Gasteiger partial charge >= 0.3 is 12.1 Å². The Hall–Kier alpha value is -3.39. The van der Waals surface area contributed by atoms with Crippen LogP contribution in [0.2, 0.25) is 0 Å². The fraction of sp³-hybridized carbons (Fsp3) is 0.318. The standard InChI is InChI=1S/C22H27N3O5/c23-21(28)19(15-17-7-3-1-4-8-17)24-12-14-25(13-11-20(26)27)22(29)30-16-18-9-5-2-6-10-18/h1-10,19,24H,11-16H2,(H2,23,28)(H,26,27). The summed E-state index contributed by atoms with van der Waals surface area (Å²) in [4.78, 5) is 36.4. The molecule has 1 unspecified atom stereocenters. The van der Waals surface area contributed by atoms with Crippen LogP contribution in [0.5, 0.6) is 0 Å². The van der Waals surface area contributed by atoms with Crippen molar-refractivity contribution >= 4 is 18.0 Å². The van der Waals surface area contributed by atoms with Crippen molar-refractivity contribution in [2.45, 2.75) is 25.5 Å². The van der Waals surface area contributed by atoms with Crippen LogP contribution < -0.4 is 11.1 Å². The lowest BCUT2D eigenvalue weighted by atomic mass is 10.1. The SMILES string of the molecule is NC(=O)C(Cc1ccccc1)NCCN(CCC(=O)O)C(=O)OCc1ccccc1. The molecule has 0 saturated carbocycles. The van der Waals surface area contributed by atoms with Crippen molar-refractivity contribution < 1.29 is 24.2 Å². The smallest absolute Gasteiger partial charge is 0.410 e. The first-order valence-electron chi connectivity index (χ1n) is 9.69. The van der Waals surface area contributed by atoms with E-state index in [2.05, 4.69) is 5.32 Å². The van der Waals surface area contributed by atoms with Gasteiger partial charge in [0.05, 0.1) is 12.5 Å². The van der Waals surface area contributed by atoms with Gasteiger partial charge in [-0.25, -0.2) is 4.79 Å². The zero-order valence-corrected chi connectivity index (χ0v) is 16.7. The molecule has 0 spiro atoms. The van der Waals surface area contributed by atoms with E-state index in [4.69, 9.17) is 15.6 Å². The number of carbonyl (C=O) groups is 3. The van der Waals surface area contributed by atoms with Gasteiger partial charge < -0.3 is 25.8 Å². The summed E-state index contributed by atoms with van der Waals surface area (Å²) >= 11 is 0. The number of nitrogens with zero attached hydrogens (tertiary/aromatic N) is 1. The Bertz CT molecular complexity index is 814. The van der Waals surface area contributed by atoms with Crippen LogP contribution in [0.4, 0.5) is 4.79 Å². The minimum Gasteiger partial charge on any atom is -0.481 e. The first-order chi connectivity index (χ1) is 14.5. The normalized spacial score (nSPS) is 11.5. The van der Waals surface area contributed by atoms with Gasteiger partial charge in [0.1, 0.15) is 6.61 Å². The lowest BCUT2D eigenvalue weighted by Gasteiger charge is -2.23. The molecule has 0 saturated heterocycles. The van der Waals surface area contributed by atoms with Crippen LogP contribution >= 0.6 is 0 Å². The van der Waals surface area contributed by atoms with Crippen LogP contribution in [0.15, 0.2) is 60.7 Å². The number of hydrogen-bond donors (Lipinski definition) is 3. The average molecular weight is 413 g/mol. The van der Waals surface area contributed by atoms with Crippen LogP contribution in [0.1, 0.15) is 17.5 Å². The van der Waals surface area contributed by atoms with Crippen molar-refractivity contribution in [3.63, 3.8) is 0 Å².